The Morgan fingerprint density at radius 1 is 1.00 bits per heavy atom. The summed E-state index contributed by atoms with van der Waals surface area (Å²) in [5, 5.41) is 0. The van der Waals surface area contributed by atoms with E-state index in [1.54, 1.807) is 4.90 Å². The molecule has 148 valence electrons. The topological polar surface area (TPSA) is 70.2 Å². The second kappa shape index (κ2) is 11.2. The van der Waals surface area contributed by atoms with Crippen molar-refractivity contribution in [1.29, 1.82) is 0 Å². The number of unbranched alkanes of at least 4 members (excludes halogenated alkanes) is 2. The highest BCUT2D eigenvalue weighted by Crippen LogP contribution is 2.16. The van der Waals surface area contributed by atoms with Crippen molar-refractivity contribution in [2.45, 2.75) is 45.4 Å². The van der Waals surface area contributed by atoms with Crippen LogP contribution in [0.4, 0.5) is 0 Å². The minimum absolute atomic E-state index is 0.0262. The van der Waals surface area contributed by atoms with Crippen LogP contribution in [0.1, 0.15) is 45.4 Å². The van der Waals surface area contributed by atoms with Gasteiger partial charge in [0.15, 0.2) is 0 Å². The van der Waals surface area contributed by atoms with Crippen molar-refractivity contribution in [3.05, 3.63) is 0 Å². The number of carbonyl (C=O) groups excluding carboxylic acids is 3. The van der Waals surface area contributed by atoms with E-state index < -0.39 is 0 Å². The van der Waals surface area contributed by atoms with Gasteiger partial charge in [0.25, 0.3) is 0 Å². The molecular formula is C19H33N3O4. The number of rotatable bonds is 6. The SMILES string of the molecule is CCCCCC(=O)N1CCCC1.O=CN1CC(C(=O)N2CCOCC2)C1. The minimum Gasteiger partial charge on any atom is -0.378 e. The second-order valence-corrected chi connectivity index (χ2v) is 7.24. The van der Waals surface area contributed by atoms with Crippen LogP contribution in [0.25, 0.3) is 0 Å². The highest BCUT2D eigenvalue weighted by Gasteiger charge is 2.34. The molecule has 3 amide bonds. The summed E-state index contributed by atoms with van der Waals surface area (Å²) < 4.78 is 5.16. The van der Waals surface area contributed by atoms with Crippen molar-refractivity contribution in [1.82, 2.24) is 14.7 Å². The summed E-state index contributed by atoms with van der Waals surface area (Å²) in [4.78, 5) is 39.0. The van der Waals surface area contributed by atoms with Gasteiger partial charge in [-0.05, 0) is 19.3 Å². The van der Waals surface area contributed by atoms with Crippen LogP contribution in [-0.2, 0) is 19.1 Å². The maximum absolute atomic E-state index is 11.8. The summed E-state index contributed by atoms with van der Waals surface area (Å²) in [6.45, 7) is 7.99. The van der Waals surface area contributed by atoms with E-state index in [-0.39, 0.29) is 11.8 Å². The molecule has 0 bridgehead atoms. The molecule has 0 aliphatic carbocycles. The largest absolute Gasteiger partial charge is 0.378 e. The maximum atomic E-state index is 11.8. The van der Waals surface area contributed by atoms with Gasteiger partial charge >= 0.3 is 0 Å². The summed E-state index contributed by atoms with van der Waals surface area (Å²) in [6.07, 6.45) is 7.45. The lowest BCUT2D eigenvalue weighted by Gasteiger charge is -2.39. The Balaban J connectivity index is 0.000000190. The van der Waals surface area contributed by atoms with Crippen molar-refractivity contribution >= 4 is 18.2 Å². The molecule has 26 heavy (non-hydrogen) atoms. The molecule has 0 aromatic heterocycles. The lowest BCUT2D eigenvalue weighted by atomic mass is 9.99. The van der Waals surface area contributed by atoms with Gasteiger partial charge in [0.05, 0.1) is 19.1 Å². The molecule has 0 radical (unpaired) electrons. The Hall–Kier alpha value is -1.63. The molecule has 0 aromatic carbocycles. The fourth-order valence-corrected chi connectivity index (χ4v) is 3.45. The number of hydrogen-bond donors (Lipinski definition) is 0. The van der Waals surface area contributed by atoms with E-state index in [0.717, 1.165) is 32.3 Å². The van der Waals surface area contributed by atoms with Gasteiger partial charge in [0, 0.05) is 45.7 Å². The van der Waals surface area contributed by atoms with Crippen molar-refractivity contribution in [3.8, 4) is 0 Å². The first kappa shape index (κ1) is 20.7. The van der Waals surface area contributed by atoms with E-state index in [0.29, 0.717) is 45.3 Å². The Morgan fingerprint density at radius 2 is 1.65 bits per heavy atom. The van der Waals surface area contributed by atoms with E-state index in [1.807, 2.05) is 9.80 Å². The van der Waals surface area contributed by atoms with Gasteiger partial charge in [0.1, 0.15) is 0 Å². The first-order chi connectivity index (χ1) is 12.7. The third-order valence-corrected chi connectivity index (χ3v) is 5.18. The van der Waals surface area contributed by atoms with E-state index in [9.17, 15) is 14.4 Å². The van der Waals surface area contributed by atoms with Gasteiger partial charge in [-0.2, -0.15) is 0 Å². The number of likely N-dealkylation sites (tertiary alicyclic amines) is 2. The second-order valence-electron chi connectivity index (χ2n) is 7.24. The summed E-state index contributed by atoms with van der Waals surface area (Å²) in [7, 11) is 0. The summed E-state index contributed by atoms with van der Waals surface area (Å²) in [5.74, 6) is 0.575. The zero-order chi connectivity index (χ0) is 18.8. The zero-order valence-corrected chi connectivity index (χ0v) is 16.0. The van der Waals surface area contributed by atoms with E-state index in [4.69, 9.17) is 4.74 Å². The van der Waals surface area contributed by atoms with Gasteiger partial charge in [-0.1, -0.05) is 19.8 Å². The number of amides is 3. The smallest absolute Gasteiger partial charge is 0.229 e. The van der Waals surface area contributed by atoms with Crippen LogP contribution in [0.5, 0.6) is 0 Å². The summed E-state index contributed by atoms with van der Waals surface area (Å²) >= 11 is 0. The number of carbonyl (C=O) groups is 3. The molecule has 3 heterocycles. The van der Waals surface area contributed by atoms with E-state index in [2.05, 4.69) is 6.92 Å². The number of hydrogen-bond acceptors (Lipinski definition) is 4. The number of ether oxygens (including phenoxy) is 1. The van der Waals surface area contributed by atoms with Crippen LogP contribution >= 0.6 is 0 Å². The monoisotopic (exact) mass is 367 g/mol. The Labute approximate surface area is 156 Å². The normalized spacial score (nSPS) is 20.3. The van der Waals surface area contributed by atoms with Gasteiger partial charge in [-0.15, -0.1) is 0 Å². The van der Waals surface area contributed by atoms with Crippen molar-refractivity contribution in [3.63, 3.8) is 0 Å². The van der Waals surface area contributed by atoms with Crippen molar-refractivity contribution in [2.24, 2.45) is 5.92 Å². The first-order valence-corrected chi connectivity index (χ1v) is 9.99. The van der Waals surface area contributed by atoms with Crippen LogP contribution in [-0.4, -0.2) is 85.4 Å². The van der Waals surface area contributed by atoms with Crippen molar-refractivity contribution < 1.29 is 19.1 Å². The predicted octanol–water partition coefficient (Wildman–Crippen LogP) is 1.12. The van der Waals surface area contributed by atoms with Crippen LogP contribution in [0.2, 0.25) is 0 Å². The molecule has 0 saturated carbocycles. The molecule has 3 fully saturated rings. The third kappa shape index (κ3) is 6.27. The number of nitrogens with zero attached hydrogens (tertiary/aromatic N) is 3. The molecule has 7 nitrogen and oxygen atoms in total. The first-order valence-electron chi connectivity index (χ1n) is 9.99. The standard InChI is InChI=1S/C10H19NO.C9H14N2O3/c1-2-3-4-7-10(12)11-8-5-6-9-11;12-7-10-5-8(6-10)9(13)11-1-3-14-4-2-11/h2-9H2,1H3;7-8H,1-6H2. The molecule has 3 rings (SSSR count). The molecule has 3 aliphatic heterocycles. The Bertz CT molecular complexity index is 454. The highest BCUT2D eigenvalue weighted by atomic mass is 16.5. The van der Waals surface area contributed by atoms with Crippen LogP contribution in [0.15, 0.2) is 0 Å². The van der Waals surface area contributed by atoms with Gasteiger partial charge in [-0.25, -0.2) is 0 Å². The van der Waals surface area contributed by atoms with Gasteiger partial charge < -0.3 is 19.4 Å². The minimum atomic E-state index is 0.0262. The summed E-state index contributed by atoms with van der Waals surface area (Å²) in [5.41, 5.74) is 0. The zero-order valence-electron chi connectivity index (χ0n) is 16.0. The van der Waals surface area contributed by atoms with Crippen LogP contribution in [0.3, 0.4) is 0 Å². The van der Waals surface area contributed by atoms with Crippen LogP contribution in [0, 0.1) is 5.92 Å². The fourth-order valence-electron chi connectivity index (χ4n) is 3.45. The average molecular weight is 367 g/mol. The molecule has 0 atom stereocenters. The Kier molecular flexibility index (Phi) is 8.88. The Morgan fingerprint density at radius 3 is 2.23 bits per heavy atom. The quantitative estimate of drug-likeness (QED) is 0.521. The molecule has 0 unspecified atom stereocenters. The molecule has 3 aliphatic rings. The number of morpholine rings is 1. The van der Waals surface area contributed by atoms with E-state index >= 15 is 0 Å². The van der Waals surface area contributed by atoms with E-state index in [1.165, 1.54) is 25.7 Å². The molecule has 0 aromatic rings. The third-order valence-electron chi connectivity index (χ3n) is 5.18. The highest BCUT2D eigenvalue weighted by molar-refractivity contribution is 5.81. The predicted molar refractivity (Wildman–Crippen MR) is 98.5 cm³/mol. The van der Waals surface area contributed by atoms with Crippen LogP contribution < -0.4 is 0 Å². The molecule has 7 heteroatoms. The molecule has 3 saturated heterocycles. The molecule has 0 spiro atoms. The maximum Gasteiger partial charge on any atom is 0.229 e. The van der Waals surface area contributed by atoms with Crippen molar-refractivity contribution in [2.75, 3.05) is 52.5 Å². The molecular weight excluding hydrogens is 334 g/mol. The average Bonchev–Trinajstić information content (AvgIpc) is 3.17. The summed E-state index contributed by atoms with van der Waals surface area (Å²) in [6, 6.07) is 0. The van der Waals surface area contributed by atoms with Gasteiger partial charge in [-0.3, -0.25) is 14.4 Å². The fraction of sp³-hybridized carbons (Fsp3) is 0.842. The molecule has 0 N–H and O–H groups in total. The van der Waals surface area contributed by atoms with Gasteiger partial charge in [0.2, 0.25) is 18.2 Å². The lowest BCUT2D eigenvalue weighted by molar-refractivity contribution is -0.147. The lowest BCUT2D eigenvalue weighted by Crippen LogP contribution is -2.55.